The Bertz CT molecular complexity index is 780. The maximum atomic E-state index is 13.9. The smallest absolute Gasteiger partial charge is 0.341 e. The van der Waals surface area contributed by atoms with E-state index in [1.54, 1.807) is 6.07 Å². The zero-order chi connectivity index (χ0) is 16.4. The van der Waals surface area contributed by atoms with Gasteiger partial charge in [0.2, 0.25) is 0 Å². The number of carbonyl (C=O) groups is 2. The lowest BCUT2D eigenvalue weighted by Gasteiger charge is -2.11. The number of nitrogens with two attached hydrogens (primary N) is 1. The lowest BCUT2D eigenvalue weighted by Crippen LogP contribution is -2.08. The van der Waals surface area contributed by atoms with Crippen LogP contribution < -0.4 is 5.73 Å². The number of hydrogen-bond acceptors (Lipinski definition) is 4. The molecule has 0 saturated carbocycles. The summed E-state index contributed by atoms with van der Waals surface area (Å²) in [7, 11) is 0. The zero-order valence-electron chi connectivity index (χ0n) is 10.8. The molecule has 22 heavy (non-hydrogen) atoms. The molecular formula is C14H9F2NO4S. The molecule has 114 valence electrons. The second kappa shape index (κ2) is 6.02. The van der Waals surface area contributed by atoms with Gasteiger partial charge in [0.15, 0.2) is 5.82 Å². The zero-order valence-corrected chi connectivity index (χ0v) is 11.7. The van der Waals surface area contributed by atoms with Crippen molar-refractivity contribution in [2.24, 2.45) is 0 Å². The van der Waals surface area contributed by atoms with Crippen LogP contribution in [0.1, 0.15) is 20.7 Å². The minimum absolute atomic E-state index is 0.0602. The number of anilines is 1. The normalized spacial score (nSPS) is 10.5. The van der Waals surface area contributed by atoms with Crippen LogP contribution in [0.15, 0.2) is 40.1 Å². The number of hydrogen-bond donors (Lipinski definition) is 3. The van der Waals surface area contributed by atoms with Gasteiger partial charge in [-0.3, -0.25) is 0 Å². The molecule has 0 aliphatic rings. The predicted molar refractivity (Wildman–Crippen MR) is 75.3 cm³/mol. The van der Waals surface area contributed by atoms with Crippen LogP contribution >= 0.6 is 11.8 Å². The summed E-state index contributed by atoms with van der Waals surface area (Å²) >= 11 is 0.739. The van der Waals surface area contributed by atoms with Crippen LogP contribution in [0.5, 0.6) is 0 Å². The topological polar surface area (TPSA) is 101 Å². The molecule has 0 atom stereocenters. The average Bonchev–Trinajstić information content (AvgIpc) is 2.44. The molecule has 8 heteroatoms. The summed E-state index contributed by atoms with van der Waals surface area (Å²) in [6.07, 6.45) is 0. The molecule has 0 saturated heterocycles. The van der Waals surface area contributed by atoms with Crippen LogP contribution in [0.2, 0.25) is 0 Å². The van der Waals surface area contributed by atoms with Crippen molar-refractivity contribution < 1.29 is 28.6 Å². The second-order valence-corrected chi connectivity index (χ2v) is 5.25. The number of halogens is 2. The number of aromatic carboxylic acids is 2. The first-order valence-electron chi connectivity index (χ1n) is 5.84. The lowest BCUT2D eigenvalue weighted by atomic mass is 10.1. The number of carboxylic acid groups (broad SMARTS) is 2. The Balaban J connectivity index is 2.52. The molecule has 2 aromatic carbocycles. The molecule has 0 heterocycles. The van der Waals surface area contributed by atoms with Gasteiger partial charge >= 0.3 is 11.9 Å². The predicted octanol–water partition coefficient (Wildman–Crippen LogP) is 3.09. The largest absolute Gasteiger partial charge is 0.478 e. The van der Waals surface area contributed by atoms with Gasteiger partial charge in [0.1, 0.15) is 11.4 Å². The Hall–Kier alpha value is -2.61. The molecule has 0 radical (unpaired) electrons. The van der Waals surface area contributed by atoms with Crippen LogP contribution in [0.4, 0.5) is 14.5 Å². The first-order chi connectivity index (χ1) is 10.3. The van der Waals surface area contributed by atoms with E-state index in [-0.39, 0.29) is 15.4 Å². The summed E-state index contributed by atoms with van der Waals surface area (Å²) in [6, 6.07) is 6.62. The number of carboxylic acids is 2. The highest BCUT2D eigenvalue weighted by Gasteiger charge is 2.23. The second-order valence-electron chi connectivity index (χ2n) is 4.17. The third-order valence-corrected chi connectivity index (χ3v) is 3.90. The van der Waals surface area contributed by atoms with E-state index in [1.807, 2.05) is 0 Å². The Kier molecular flexibility index (Phi) is 4.32. The van der Waals surface area contributed by atoms with Crippen molar-refractivity contribution in [2.75, 3.05) is 5.73 Å². The van der Waals surface area contributed by atoms with Crippen molar-refractivity contribution in [1.82, 2.24) is 0 Å². The van der Waals surface area contributed by atoms with Gasteiger partial charge in [-0.25, -0.2) is 18.4 Å². The molecule has 0 bridgehead atoms. The van der Waals surface area contributed by atoms with Crippen molar-refractivity contribution in [3.8, 4) is 0 Å². The summed E-state index contributed by atoms with van der Waals surface area (Å²) in [4.78, 5) is 22.0. The summed E-state index contributed by atoms with van der Waals surface area (Å²) in [6.45, 7) is 0. The molecule has 0 aliphatic heterocycles. The third kappa shape index (κ3) is 2.86. The SMILES string of the molecule is Nc1c(Sc2ccccc2C(=O)O)cc(F)c(C(=O)O)c1F. The van der Waals surface area contributed by atoms with Gasteiger partial charge in [0, 0.05) is 9.79 Å². The highest BCUT2D eigenvalue weighted by molar-refractivity contribution is 7.99. The Morgan fingerprint density at radius 1 is 1.05 bits per heavy atom. The van der Waals surface area contributed by atoms with E-state index in [1.165, 1.54) is 18.2 Å². The third-order valence-electron chi connectivity index (χ3n) is 2.77. The number of benzene rings is 2. The Morgan fingerprint density at radius 3 is 2.27 bits per heavy atom. The van der Waals surface area contributed by atoms with Gasteiger partial charge in [-0.2, -0.15) is 0 Å². The van der Waals surface area contributed by atoms with Crippen molar-refractivity contribution in [1.29, 1.82) is 0 Å². The summed E-state index contributed by atoms with van der Waals surface area (Å²) in [5.74, 6) is -5.65. The van der Waals surface area contributed by atoms with Crippen molar-refractivity contribution in [3.63, 3.8) is 0 Å². The van der Waals surface area contributed by atoms with Gasteiger partial charge in [-0.05, 0) is 18.2 Å². The van der Waals surface area contributed by atoms with E-state index in [0.717, 1.165) is 17.8 Å². The van der Waals surface area contributed by atoms with Crippen molar-refractivity contribution in [2.45, 2.75) is 9.79 Å². The fourth-order valence-electron chi connectivity index (χ4n) is 1.74. The van der Waals surface area contributed by atoms with E-state index in [9.17, 15) is 18.4 Å². The van der Waals surface area contributed by atoms with Crippen LogP contribution in [0, 0.1) is 11.6 Å². The van der Waals surface area contributed by atoms with E-state index in [2.05, 4.69) is 0 Å². The first kappa shape index (κ1) is 15.8. The molecule has 0 fully saturated rings. The molecular weight excluding hydrogens is 316 g/mol. The lowest BCUT2D eigenvalue weighted by molar-refractivity contribution is 0.0678. The molecule has 2 aromatic rings. The van der Waals surface area contributed by atoms with Crippen LogP contribution in [0.3, 0.4) is 0 Å². The van der Waals surface area contributed by atoms with Gasteiger partial charge in [0.05, 0.1) is 11.3 Å². The maximum Gasteiger partial charge on any atom is 0.341 e. The highest BCUT2D eigenvalue weighted by Crippen LogP contribution is 2.37. The van der Waals surface area contributed by atoms with Crippen LogP contribution in [-0.4, -0.2) is 22.2 Å². The Morgan fingerprint density at radius 2 is 1.68 bits per heavy atom. The first-order valence-corrected chi connectivity index (χ1v) is 6.65. The number of rotatable bonds is 4. The molecule has 0 unspecified atom stereocenters. The van der Waals surface area contributed by atoms with Gasteiger partial charge in [-0.15, -0.1) is 0 Å². The van der Waals surface area contributed by atoms with E-state index >= 15 is 0 Å². The van der Waals surface area contributed by atoms with Crippen LogP contribution in [-0.2, 0) is 0 Å². The Labute approximate surface area is 127 Å². The van der Waals surface area contributed by atoms with Crippen molar-refractivity contribution >= 4 is 29.4 Å². The van der Waals surface area contributed by atoms with Crippen LogP contribution in [0.25, 0.3) is 0 Å². The fraction of sp³-hybridized carbons (Fsp3) is 0. The van der Waals surface area contributed by atoms with Gasteiger partial charge < -0.3 is 15.9 Å². The van der Waals surface area contributed by atoms with E-state index in [0.29, 0.717) is 0 Å². The van der Waals surface area contributed by atoms with Gasteiger partial charge in [-0.1, -0.05) is 23.9 Å². The summed E-state index contributed by atoms with van der Waals surface area (Å²) in [5.41, 5.74) is 3.73. The molecule has 5 nitrogen and oxygen atoms in total. The monoisotopic (exact) mass is 325 g/mol. The average molecular weight is 325 g/mol. The van der Waals surface area contributed by atoms with Gasteiger partial charge in [0.25, 0.3) is 0 Å². The number of nitrogen functional groups attached to an aromatic ring is 1. The minimum Gasteiger partial charge on any atom is -0.478 e. The van der Waals surface area contributed by atoms with E-state index in [4.69, 9.17) is 15.9 Å². The molecule has 0 amide bonds. The summed E-state index contributed by atoms with van der Waals surface area (Å²) in [5, 5.41) is 17.8. The quantitative estimate of drug-likeness (QED) is 0.747. The minimum atomic E-state index is -1.77. The van der Waals surface area contributed by atoms with Crippen molar-refractivity contribution in [3.05, 3.63) is 53.1 Å². The molecule has 0 aromatic heterocycles. The fourth-order valence-corrected chi connectivity index (χ4v) is 2.75. The molecule has 4 N–H and O–H groups in total. The molecule has 2 rings (SSSR count). The highest BCUT2D eigenvalue weighted by atomic mass is 32.2. The maximum absolute atomic E-state index is 13.9. The molecule has 0 spiro atoms. The standard InChI is InChI=1S/C14H9F2NO4S/c15-7-5-9(12(17)11(16)10(7)14(20)21)22-8-4-2-1-3-6(8)13(18)19/h1-5H,17H2,(H,18,19)(H,20,21). The summed E-state index contributed by atoms with van der Waals surface area (Å²) < 4.78 is 27.6. The van der Waals surface area contributed by atoms with E-state index < -0.39 is 34.8 Å². The molecule has 0 aliphatic carbocycles.